The SMILES string of the molecule is [Y].[Y].[Y].[Y].[Y].[c-]1nc(NCc2ccco2)c2cc[nH]c2n1.[c-]1nc(NCc2ccco2)c2ccsc2n1.[c-]1nc(NCc2ccco2)c2ncoc2n1.[c-]1nc(NCc2ccco2)c2ocnc2n1.[c-]1nc2c(c(NCc3ccco3)n1)CC=C2. The summed E-state index contributed by atoms with van der Waals surface area (Å²) in [5.74, 6) is 7.77. The first-order chi connectivity index (χ1) is 39.7. The molecule has 14 aromatic heterocycles. The summed E-state index contributed by atoms with van der Waals surface area (Å²) in [6.45, 7) is 2.89. The Morgan fingerprint density at radius 2 is 0.953 bits per heavy atom. The van der Waals surface area contributed by atoms with Gasteiger partial charge >= 0.3 is 0 Å². The van der Waals surface area contributed by atoms with E-state index in [-0.39, 0.29) is 164 Å². The fourth-order valence-electron chi connectivity index (χ4n) is 7.48. The number of aromatic amines is 1. The van der Waals surface area contributed by atoms with Crippen LogP contribution < -0.4 is 26.6 Å². The molecular weight excluding hydrogens is 1490 g/mol. The number of H-pyrrole nitrogens is 1. The molecule has 0 spiro atoms. The number of nitrogens with one attached hydrogen (secondary N) is 6. The monoisotopic (exact) mass is 1530 g/mol. The zero-order chi connectivity index (χ0) is 54.0. The minimum atomic E-state index is 0. The summed E-state index contributed by atoms with van der Waals surface area (Å²) in [6, 6.07) is 22.7. The number of aromatic nitrogens is 13. The Morgan fingerprint density at radius 3 is 1.56 bits per heavy atom. The molecule has 0 aromatic carbocycles. The van der Waals surface area contributed by atoms with Gasteiger partial charge in [-0.3, -0.25) is 4.98 Å². The van der Waals surface area contributed by atoms with E-state index in [0.29, 0.717) is 66.8 Å². The molecule has 6 N–H and O–H groups in total. The van der Waals surface area contributed by atoms with Gasteiger partial charge in [-0.1, -0.05) is 40.6 Å². The molecule has 0 atom stereocenters. The molecule has 415 valence electrons. The standard InChI is InChI=1S/C12H10N3O.C11H9N4O.C11H8N3OS.2C10H7N4O2.5Y/c1-4-10-11(5-1)14-8-15-12(10)13-7-9-3-2-6-16-9;1-2-8(16-5-1)6-13-11-9-3-4-12-10(9)14-7-15-11;1-2-8(15-4-1)6-12-10-9-3-5-16-11(9)14-7-13-10;1-2-7(15-3-1)4-11-9-8-10(13-5-12-9)14-6-16-8;1-2-7(15-3-1)4-11-9-8-10(13-5-12-9)16-6-14-8;;;;;/h1-3,5-6H,4,7H2,(H,13,14,15);1-5H,6H2,(H2,12,13,14,15);1-5H,6H2,(H,12,13,14);2*1-3,6H,4H2,(H,11,12,13);;;;;/q5*-1;;;;;. The van der Waals surface area contributed by atoms with E-state index >= 15 is 0 Å². The van der Waals surface area contributed by atoms with E-state index in [9.17, 15) is 0 Å². The second-order valence-corrected chi connectivity index (χ2v) is 17.3. The summed E-state index contributed by atoms with van der Waals surface area (Å²) < 4.78 is 36.3. The average molecular weight is 1530 g/mol. The third-order valence-electron chi connectivity index (χ3n) is 11.3. The smallest absolute Gasteiger partial charge is 0.168 e. The molecule has 31 heteroatoms. The first-order valence-electron chi connectivity index (χ1n) is 24.2. The molecule has 85 heavy (non-hydrogen) atoms. The fraction of sp³-hybridized carbons (Fsp3) is 0.111. The Bertz CT molecular complexity index is 3690. The van der Waals surface area contributed by atoms with Crippen LogP contribution in [0.4, 0.5) is 29.1 Å². The van der Waals surface area contributed by atoms with Crippen LogP contribution in [0.25, 0.3) is 49.8 Å². The maximum Gasteiger partial charge on any atom is 0.168 e. The molecule has 0 unspecified atom stereocenters. The van der Waals surface area contributed by atoms with E-state index in [0.717, 1.165) is 85.2 Å². The fourth-order valence-corrected chi connectivity index (χ4v) is 8.20. The summed E-state index contributed by atoms with van der Waals surface area (Å²) in [4.78, 5) is 51.9. The molecule has 0 bridgehead atoms. The zero-order valence-corrected chi connectivity index (χ0v) is 59.5. The van der Waals surface area contributed by atoms with E-state index in [4.69, 9.17) is 30.9 Å². The number of hydrogen-bond acceptors (Lipinski definition) is 25. The van der Waals surface area contributed by atoms with E-state index in [2.05, 4.69) is 129 Å². The van der Waals surface area contributed by atoms with Crippen LogP contribution in [0.1, 0.15) is 40.1 Å². The largest absolute Gasteiger partial charge is 0.487 e. The molecule has 0 fully saturated rings. The van der Waals surface area contributed by atoms with Crippen molar-refractivity contribution >= 4 is 90.2 Å². The third kappa shape index (κ3) is 19.2. The Hall–Kier alpha value is -5.50. The number of furan rings is 5. The predicted molar refractivity (Wildman–Crippen MR) is 290 cm³/mol. The van der Waals surface area contributed by atoms with Crippen LogP contribution in [-0.2, 0) is 203 Å². The number of thiophene rings is 1. The normalized spacial score (nSPS) is 10.5. The molecule has 14 aromatic rings. The van der Waals surface area contributed by atoms with Crippen molar-refractivity contribution in [1.82, 2.24) is 64.8 Å². The second kappa shape index (κ2) is 36.0. The molecule has 1 aliphatic carbocycles. The Kier molecular flexibility index (Phi) is 29.0. The average Bonchev–Trinajstić information content (AvgIpc) is 4.56. The Morgan fingerprint density at radius 1 is 0.459 bits per heavy atom. The van der Waals surface area contributed by atoms with Crippen LogP contribution in [0, 0.1) is 31.6 Å². The summed E-state index contributed by atoms with van der Waals surface area (Å²) in [7, 11) is 0. The van der Waals surface area contributed by atoms with Gasteiger partial charge < -0.3 is 112 Å². The van der Waals surface area contributed by atoms with Gasteiger partial charge in [0.05, 0.1) is 81.0 Å². The maximum absolute atomic E-state index is 5.24. The first-order valence-corrected chi connectivity index (χ1v) is 25.1. The van der Waals surface area contributed by atoms with Gasteiger partial charge in [-0.2, -0.15) is 11.3 Å². The Labute approximate surface area is 613 Å². The van der Waals surface area contributed by atoms with E-state index in [1.807, 2.05) is 90.4 Å². The van der Waals surface area contributed by atoms with Crippen molar-refractivity contribution in [2.45, 2.75) is 39.1 Å². The molecule has 0 amide bonds. The van der Waals surface area contributed by atoms with Gasteiger partial charge in [-0.25, -0.2) is 4.98 Å². The van der Waals surface area contributed by atoms with E-state index in [1.165, 1.54) is 12.8 Å². The number of anilines is 5. The minimum Gasteiger partial charge on any atom is -0.487 e. The van der Waals surface area contributed by atoms with Crippen molar-refractivity contribution in [1.29, 1.82) is 0 Å². The van der Waals surface area contributed by atoms with Gasteiger partial charge in [0.15, 0.2) is 12.8 Å². The molecule has 15 rings (SSSR count). The van der Waals surface area contributed by atoms with Gasteiger partial charge in [0.25, 0.3) is 0 Å². The van der Waals surface area contributed by atoms with Crippen molar-refractivity contribution < 1.29 is 194 Å². The molecule has 0 saturated heterocycles. The summed E-state index contributed by atoms with van der Waals surface area (Å²) in [6.07, 6.45) is 30.5. The molecular formula is C54H41N18O7SY5-5. The predicted octanol–water partition coefficient (Wildman–Crippen LogP) is 9.94. The van der Waals surface area contributed by atoms with Gasteiger partial charge in [0.1, 0.15) is 40.1 Å². The van der Waals surface area contributed by atoms with Crippen LogP contribution in [0.5, 0.6) is 0 Å². The summed E-state index contributed by atoms with van der Waals surface area (Å²) in [5, 5.41) is 19.7. The number of fused-ring (bicyclic) bond motifs is 5. The van der Waals surface area contributed by atoms with Crippen LogP contribution in [-0.4, -0.2) is 64.8 Å². The van der Waals surface area contributed by atoms with Crippen LogP contribution >= 0.6 is 11.3 Å². The topological polar surface area (TPSA) is 323 Å². The first kappa shape index (κ1) is 68.6. The van der Waals surface area contributed by atoms with Crippen molar-refractivity contribution in [3.8, 4) is 0 Å². The van der Waals surface area contributed by atoms with Crippen molar-refractivity contribution in [2.24, 2.45) is 0 Å². The number of nitrogens with zero attached hydrogens (tertiary/aromatic N) is 12. The van der Waals surface area contributed by atoms with Crippen molar-refractivity contribution in [2.75, 3.05) is 26.6 Å². The number of allylic oxidation sites excluding steroid dienone is 1. The van der Waals surface area contributed by atoms with E-state index in [1.54, 1.807) is 42.7 Å². The minimum absolute atomic E-state index is 0. The number of hydrogen-bond donors (Lipinski definition) is 6. The van der Waals surface area contributed by atoms with Gasteiger partial charge in [0, 0.05) is 229 Å². The third-order valence-corrected chi connectivity index (χ3v) is 12.1. The maximum atomic E-state index is 5.24. The molecule has 25 nitrogen and oxygen atoms in total. The quantitative estimate of drug-likeness (QED) is 0.0520. The molecule has 0 aliphatic heterocycles. The number of rotatable bonds is 15. The summed E-state index contributed by atoms with van der Waals surface area (Å²) in [5.41, 5.74) is 4.86. The van der Waals surface area contributed by atoms with E-state index < -0.39 is 0 Å². The van der Waals surface area contributed by atoms with Gasteiger partial charge in [0.2, 0.25) is 0 Å². The molecule has 1 aliphatic rings. The molecule has 14 heterocycles. The van der Waals surface area contributed by atoms with Crippen LogP contribution in [0.15, 0.2) is 165 Å². The van der Waals surface area contributed by atoms with Crippen molar-refractivity contribution in [3.63, 3.8) is 0 Å². The molecule has 0 saturated carbocycles. The molecule has 5 radical (unpaired) electrons. The number of oxazole rings is 2. The summed E-state index contributed by atoms with van der Waals surface area (Å²) >= 11 is 1.58. The van der Waals surface area contributed by atoms with Crippen LogP contribution in [0.2, 0.25) is 0 Å². The zero-order valence-electron chi connectivity index (χ0n) is 44.5. The second-order valence-electron chi connectivity index (χ2n) is 16.4. The van der Waals surface area contributed by atoms with Gasteiger partial charge in [-0.05, 0) is 84.4 Å². The van der Waals surface area contributed by atoms with Crippen LogP contribution in [0.3, 0.4) is 0 Å². The van der Waals surface area contributed by atoms with Gasteiger partial charge in [-0.15, -0.1) is 0 Å². The Balaban J connectivity index is 0.000000168. The van der Waals surface area contributed by atoms with Crippen molar-refractivity contribution in [3.05, 3.63) is 206 Å².